The van der Waals surface area contributed by atoms with Gasteiger partial charge in [-0.1, -0.05) is 32.9 Å². The molecule has 1 saturated heterocycles. The number of likely N-dealkylation sites (tertiary alicyclic amines) is 1. The second kappa shape index (κ2) is 13.5. The van der Waals surface area contributed by atoms with E-state index in [0.717, 1.165) is 21.7 Å². The van der Waals surface area contributed by atoms with Crippen molar-refractivity contribution in [2.24, 2.45) is 5.41 Å². The quantitative estimate of drug-likeness (QED) is 0.309. The van der Waals surface area contributed by atoms with Gasteiger partial charge in [0, 0.05) is 31.7 Å². The molecule has 2 heterocycles. The molecule has 242 valence electrons. The maximum atomic E-state index is 14.5. The van der Waals surface area contributed by atoms with Gasteiger partial charge in [-0.2, -0.15) is 0 Å². The summed E-state index contributed by atoms with van der Waals surface area (Å²) in [4.78, 5) is 46.7. The number of aryl methyl sites for hydroxylation is 1. The fourth-order valence-corrected chi connectivity index (χ4v) is 6.24. The molecule has 1 aliphatic heterocycles. The highest BCUT2D eigenvalue weighted by Gasteiger charge is 2.53. The lowest BCUT2D eigenvalue weighted by atomic mass is 9.85. The van der Waals surface area contributed by atoms with E-state index in [2.05, 4.69) is 15.6 Å². The molecular formula is C33H47FN4O5S. The molecule has 0 bridgehead atoms. The standard InChI is InChI=1S/C33H47FN4O5S/c1-8-43-32(6,7)15-17-42-25-18-22(26-21(2)36-20-44-26)11-12-23(25)19-35-28(39)24-10-9-16-38(24)29(40)27(31(3,4)5)37-30(41)33(34)13-14-33/h11-12,18,20,24,27H,8-10,13-17,19H2,1-7H3,(H,35,39)(H,37,41)/t24-,27+/m0/s1. The monoisotopic (exact) mass is 630 g/mol. The molecule has 4 rings (SSSR count). The van der Waals surface area contributed by atoms with Gasteiger partial charge in [0.25, 0.3) is 5.91 Å². The third-order valence-corrected chi connectivity index (χ3v) is 9.33. The molecule has 0 spiro atoms. The van der Waals surface area contributed by atoms with Crippen LogP contribution < -0.4 is 15.4 Å². The summed E-state index contributed by atoms with van der Waals surface area (Å²) in [6.07, 6.45) is 2.19. The van der Waals surface area contributed by atoms with Gasteiger partial charge >= 0.3 is 0 Å². The van der Waals surface area contributed by atoms with E-state index in [9.17, 15) is 18.8 Å². The Morgan fingerprint density at radius 1 is 1.20 bits per heavy atom. The number of carbonyl (C=O) groups excluding carboxylic acids is 3. The zero-order valence-electron chi connectivity index (χ0n) is 27.0. The predicted octanol–water partition coefficient (Wildman–Crippen LogP) is 5.34. The van der Waals surface area contributed by atoms with Crippen molar-refractivity contribution in [1.82, 2.24) is 20.5 Å². The molecule has 2 N–H and O–H groups in total. The Balaban J connectivity index is 1.47. The molecule has 11 heteroatoms. The van der Waals surface area contributed by atoms with E-state index < -0.39 is 29.1 Å². The first-order valence-electron chi connectivity index (χ1n) is 15.5. The van der Waals surface area contributed by atoms with Crippen molar-refractivity contribution < 1.29 is 28.2 Å². The van der Waals surface area contributed by atoms with Gasteiger partial charge in [0.2, 0.25) is 11.8 Å². The van der Waals surface area contributed by atoms with Crippen molar-refractivity contribution in [3.63, 3.8) is 0 Å². The maximum absolute atomic E-state index is 14.5. The SMILES string of the molecule is CCOC(C)(C)CCOc1cc(-c2scnc2C)ccc1CNC(=O)[C@@H]1CCCN1C(=O)[C@@H](NC(=O)C1(F)CC1)C(C)(C)C. The molecule has 1 aliphatic carbocycles. The van der Waals surface area contributed by atoms with Crippen molar-refractivity contribution in [2.45, 2.75) is 110 Å². The van der Waals surface area contributed by atoms with Crippen molar-refractivity contribution in [2.75, 3.05) is 19.8 Å². The third-order valence-electron chi connectivity index (χ3n) is 8.35. The molecule has 2 aromatic rings. The van der Waals surface area contributed by atoms with Crippen LogP contribution in [0.2, 0.25) is 0 Å². The molecule has 0 unspecified atom stereocenters. The number of rotatable bonds is 13. The van der Waals surface area contributed by atoms with E-state index in [4.69, 9.17) is 9.47 Å². The number of halogens is 1. The van der Waals surface area contributed by atoms with Crippen molar-refractivity contribution in [1.29, 1.82) is 0 Å². The zero-order chi connectivity index (χ0) is 32.3. The highest BCUT2D eigenvalue weighted by atomic mass is 32.1. The van der Waals surface area contributed by atoms with Gasteiger partial charge in [-0.15, -0.1) is 11.3 Å². The van der Waals surface area contributed by atoms with Gasteiger partial charge in [0.15, 0.2) is 5.67 Å². The summed E-state index contributed by atoms with van der Waals surface area (Å²) in [5.74, 6) is -0.721. The van der Waals surface area contributed by atoms with E-state index >= 15 is 0 Å². The number of benzene rings is 1. The van der Waals surface area contributed by atoms with Crippen LogP contribution in [0, 0.1) is 12.3 Å². The first-order chi connectivity index (χ1) is 20.6. The fourth-order valence-electron chi connectivity index (χ4n) is 5.44. The Morgan fingerprint density at radius 3 is 2.55 bits per heavy atom. The molecule has 44 heavy (non-hydrogen) atoms. The van der Waals surface area contributed by atoms with Gasteiger partial charge in [0.05, 0.1) is 28.3 Å². The predicted molar refractivity (Wildman–Crippen MR) is 169 cm³/mol. The van der Waals surface area contributed by atoms with Crippen LogP contribution in [-0.4, -0.2) is 70.7 Å². The topological polar surface area (TPSA) is 110 Å². The molecule has 2 aliphatic rings. The largest absolute Gasteiger partial charge is 0.493 e. The zero-order valence-corrected chi connectivity index (χ0v) is 27.9. The number of amides is 3. The summed E-state index contributed by atoms with van der Waals surface area (Å²) in [7, 11) is 0. The minimum absolute atomic E-state index is 0.166. The van der Waals surface area contributed by atoms with E-state index in [1.165, 1.54) is 4.90 Å². The van der Waals surface area contributed by atoms with Crippen LogP contribution in [0.3, 0.4) is 0 Å². The second-order valence-corrected chi connectivity index (χ2v) is 14.4. The lowest BCUT2D eigenvalue weighted by Crippen LogP contribution is -2.58. The summed E-state index contributed by atoms with van der Waals surface area (Å²) in [5.41, 5.74) is 1.67. The number of alkyl halides is 1. The van der Waals surface area contributed by atoms with Gasteiger partial charge in [0.1, 0.15) is 17.8 Å². The number of hydrogen-bond donors (Lipinski definition) is 2. The van der Waals surface area contributed by atoms with Gasteiger partial charge in [-0.3, -0.25) is 14.4 Å². The Hall–Kier alpha value is -3.05. The average molecular weight is 631 g/mol. The van der Waals surface area contributed by atoms with E-state index in [1.807, 2.05) is 72.2 Å². The Morgan fingerprint density at radius 2 is 1.93 bits per heavy atom. The van der Waals surface area contributed by atoms with Crippen LogP contribution in [-0.2, 0) is 25.7 Å². The fraction of sp³-hybridized carbons (Fsp3) is 0.636. The average Bonchev–Trinajstić information content (AvgIpc) is 3.31. The second-order valence-electron chi connectivity index (χ2n) is 13.5. The Kier molecular flexibility index (Phi) is 10.4. The molecule has 1 aromatic carbocycles. The summed E-state index contributed by atoms with van der Waals surface area (Å²) in [5, 5.41) is 5.67. The minimum Gasteiger partial charge on any atom is -0.493 e. The van der Waals surface area contributed by atoms with Gasteiger partial charge < -0.3 is 25.0 Å². The van der Waals surface area contributed by atoms with Crippen LogP contribution >= 0.6 is 11.3 Å². The molecule has 2 atom stereocenters. The van der Waals surface area contributed by atoms with E-state index in [0.29, 0.717) is 44.8 Å². The molecule has 1 saturated carbocycles. The molecule has 9 nitrogen and oxygen atoms in total. The molecule has 1 aromatic heterocycles. The normalized spacial score (nSPS) is 18.5. The Bertz CT molecular complexity index is 1350. The highest BCUT2D eigenvalue weighted by Crippen LogP contribution is 2.40. The van der Waals surface area contributed by atoms with Crippen LogP contribution in [0.15, 0.2) is 23.7 Å². The van der Waals surface area contributed by atoms with E-state index in [1.54, 1.807) is 11.3 Å². The van der Waals surface area contributed by atoms with Crippen LogP contribution in [0.25, 0.3) is 10.4 Å². The number of aromatic nitrogens is 1. The number of nitrogens with one attached hydrogen (secondary N) is 2. The summed E-state index contributed by atoms with van der Waals surface area (Å²) in [6, 6.07) is 4.30. The summed E-state index contributed by atoms with van der Waals surface area (Å²) < 4.78 is 26.5. The van der Waals surface area contributed by atoms with Crippen LogP contribution in [0.4, 0.5) is 4.39 Å². The first-order valence-corrected chi connectivity index (χ1v) is 16.4. The number of thiazole rings is 1. The molecular weight excluding hydrogens is 583 g/mol. The maximum Gasteiger partial charge on any atom is 0.258 e. The van der Waals surface area contributed by atoms with Crippen LogP contribution in [0.1, 0.15) is 84.9 Å². The van der Waals surface area contributed by atoms with Gasteiger partial charge in [-0.25, -0.2) is 9.37 Å². The smallest absolute Gasteiger partial charge is 0.258 e. The number of nitrogens with zero attached hydrogens (tertiary/aromatic N) is 2. The minimum atomic E-state index is -1.89. The van der Waals surface area contributed by atoms with Crippen molar-refractivity contribution in [3.8, 4) is 16.2 Å². The number of ether oxygens (including phenoxy) is 2. The lowest BCUT2D eigenvalue weighted by molar-refractivity contribution is -0.144. The number of carbonyl (C=O) groups is 3. The third kappa shape index (κ3) is 8.15. The van der Waals surface area contributed by atoms with Crippen LogP contribution in [0.5, 0.6) is 5.75 Å². The Labute approximate surface area is 264 Å². The summed E-state index contributed by atoms with van der Waals surface area (Å²) >= 11 is 1.56. The van der Waals surface area contributed by atoms with Gasteiger partial charge in [-0.05, 0) is 70.4 Å². The first kappa shape index (κ1) is 33.8. The molecule has 3 amide bonds. The summed E-state index contributed by atoms with van der Waals surface area (Å²) in [6.45, 7) is 15.1. The van der Waals surface area contributed by atoms with E-state index in [-0.39, 0.29) is 36.8 Å². The molecule has 0 radical (unpaired) electrons. The molecule has 2 fully saturated rings. The van der Waals surface area contributed by atoms with Crippen molar-refractivity contribution in [3.05, 3.63) is 35.0 Å². The lowest BCUT2D eigenvalue weighted by Gasteiger charge is -2.35. The van der Waals surface area contributed by atoms with Crippen molar-refractivity contribution >= 4 is 29.1 Å². The number of hydrogen-bond acceptors (Lipinski definition) is 7. The highest BCUT2D eigenvalue weighted by molar-refractivity contribution is 7.13.